The Balaban J connectivity index is 1.16. The van der Waals surface area contributed by atoms with E-state index < -0.39 is 0 Å². The Hall–Kier alpha value is -4.22. The fourth-order valence-electron chi connectivity index (χ4n) is 9.60. The van der Waals surface area contributed by atoms with Crippen LogP contribution in [0.5, 0.6) is 5.75 Å². The van der Waals surface area contributed by atoms with Gasteiger partial charge in [-0.3, -0.25) is 14.8 Å². The number of nitrogens with one attached hydrogen (secondary N) is 1. The number of ether oxygens (including phenoxy) is 2. The van der Waals surface area contributed by atoms with Crippen molar-refractivity contribution in [3.05, 3.63) is 48.2 Å². The summed E-state index contributed by atoms with van der Waals surface area (Å²) in [5.41, 5.74) is 7.13. The zero-order valence-corrected chi connectivity index (χ0v) is 30.3. The molecule has 2 spiro atoms. The third-order valence-electron chi connectivity index (χ3n) is 12.6. The molecule has 2 aromatic carbocycles. The molecule has 0 radical (unpaired) electrons. The van der Waals surface area contributed by atoms with Gasteiger partial charge in [0.05, 0.1) is 30.5 Å². The van der Waals surface area contributed by atoms with Crippen molar-refractivity contribution in [2.45, 2.75) is 63.8 Å². The molecule has 5 aliphatic rings. The first kappa shape index (κ1) is 32.7. The van der Waals surface area contributed by atoms with Gasteiger partial charge in [-0.2, -0.15) is 10.1 Å². The number of piperidine rings is 1. The molecule has 11 heteroatoms. The maximum atomic E-state index is 12.3. The van der Waals surface area contributed by atoms with E-state index in [0.717, 1.165) is 117 Å². The molecule has 1 saturated carbocycles. The van der Waals surface area contributed by atoms with Gasteiger partial charge in [0.25, 0.3) is 0 Å². The summed E-state index contributed by atoms with van der Waals surface area (Å²) in [7, 11) is 1.79. The second kappa shape index (κ2) is 12.5. The molecule has 2 aromatic heterocycles. The monoisotopic (exact) mass is 690 g/mol. The molecule has 11 nitrogen and oxygen atoms in total. The Labute approximate surface area is 300 Å². The van der Waals surface area contributed by atoms with Crippen molar-refractivity contribution in [2.75, 3.05) is 82.5 Å². The lowest BCUT2D eigenvalue weighted by Gasteiger charge is -2.54. The first-order valence-corrected chi connectivity index (χ1v) is 19.0. The van der Waals surface area contributed by atoms with E-state index in [-0.39, 0.29) is 16.9 Å². The number of aryl methyl sites for hydroxylation is 1. The number of likely N-dealkylation sites (tertiary alicyclic amines) is 2. The predicted octanol–water partition coefficient (Wildman–Crippen LogP) is 5.67. The number of H-pyrrole nitrogens is 1. The number of amides is 1. The molecule has 1 N–H and O–H groups in total. The smallest absolute Gasteiger partial charge is 0.245 e. The standard InChI is InChI=1S/C40H50N8O3/c1-5-32(49)46-22-39(23-46)13-16-45(17-14-39)37-29-20-28(27-9-10-27)34(33-26(3)8-11-31-30(33)21-41-44-31)36(51-6-2)35(29)42-38(43-37)47-24-40(25-47)12-7-15-48(40)18-19-50-4/h5,8,11,20-21,27H,1,6-7,9-10,12-19,22-25H2,2-4H3,(H,41,44). The Morgan fingerprint density at radius 3 is 2.57 bits per heavy atom. The van der Waals surface area contributed by atoms with Gasteiger partial charge in [-0.15, -0.1) is 0 Å². The zero-order chi connectivity index (χ0) is 34.9. The highest BCUT2D eigenvalue weighted by Gasteiger charge is 2.51. The number of hydrogen-bond donors (Lipinski definition) is 1. The SMILES string of the molecule is C=CC(=O)N1CC2(CCN(c3nc(N4CC5(CCCN5CCOC)C4)nc4c(OCC)c(-c5c(C)ccc6[nH]ncc56)c(C5CC5)cc34)CC2)C1. The number of carbonyl (C=O) groups excluding carboxylic acids is 1. The molecule has 4 aromatic rings. The Kier molecular flexibility index (Phi) is 7.99. The minimum Gasteiger partial charge on any atom is -0.491 e. The minimum atomic E-state index is 0.0399. The van der Waals surface area contributed by atoms with Crippen molar-refractivity contribution in [1.82, 2.24) is 30.0 Å². The normalized spacial score (nSPS) is 21.1. The summed E-state index contributed by atoms with van der Waals surface area (Å²) >= 11 is 0. The molecule has 5 fully saturated rings. The summed E-state index contributed by atoms with van der Waals surface area (Å²) < 4.78 is 12.2. The summed E-state index contributed by atoms with van der Waals surface area (Å²) in [6, 6.07) is 6.71. The number of methoxy groups -OCH3 is 1. The van der Waals surface area contributed by atoms with Gasteiger partial charge in [-0.05, 0) is 99.7 Å². The molecular formula is C40H50N8O3. The second-order valence-electron chi connectivity index (χ2n) is 15.8. The van der Waals surface area contributed by atoms with Gasteiger partial charge in [-0.1, -0.05) is 12.6 Å². The van der Waals surface area contributed by atoms with Crippen LogP contribution in [0, 0.1) is 12.3 Å². The summed E-state index contributed by atoms with van der Waals surface area (Å²) in [5, 5.41) is 9.84. The molecule has 4 aliphatic heterocycles. The maximum absolute atomic E-state index is 12.3. The van der Waals surface area contributed by atoms with Crippen LogP contribution in [0.25, 0.3) is 32.9 Å². The van der Waals surface area contributed by atoms with Gasteiger partial charge in [0.2, 0.25) is 11.9 Å². The van der Waals surface area contributed by atoms with Crippen LogP contribution in [0.2, 0.25) is 0 Å². The molecular weight excluding hydrogens is 640 g/mol. The molecule has 0 unspecified atom stereocenters. The number of fused-ring (bicyclic) bond motifs is 2. The number of nitrogens with zero attached hydrogens (tertiary/aromatic N) is 7. The molecule has 1 amide bonds. The predicted molar refractivity (Wildman–Crippen MR) is 201 cm³/mol. The van der Waals surface area contributed by atoms with Gasteiger partial charge in [-0.25, -0.2) is 4.98 Å². The molecule has 4 saturated heterocycles. The van der Waals surface area contributed by atoms with E-state index in [1.807, 2.05) is 11.1 Å². The fraction of sp³-hybridized carbons (Fsp3) is 0.550. The van der Waals surface area contributed by atoms with Crippen LogP contribution in [0.1, 0.15) is 62.5 Å². The topological polar surface area (TPSA) is 103 Å². The summed E-state index contributed by atoms with van der Waals surface area (Å²) in [4.78, 5) is 32.6. The van der Waals surface area contributed by atoms with Gasteiger partial charge < -0.3 is 24.2 Å². The van der Waals surface area contributed by atoms with Crippen LogP contribution >= 0.6 is 0 Å². The van der Waals surface area contributed by atoms with Crippen LogP contribution in [-0.4, -0.2) is 114 Å². The Morgan fingerprint density at radius 2 is 1.84 bits per heavy atom. The second-order valence-corrected chi connectivity index (χ2v) is 15.8. The van der Waals surface area contributed by atoms with Crippen LogP contribution in [0.3, 0.4) is 0 Å². The van der Waals surface area contributed by atoms with Crippen molar-refractivity contribution in [3.63, 3.8) is 0 Å². The lowest BCUT2D eigenvalue weighted by Crippen LogP contribution is -2.68. The number of hydrogen-bond acceptors (Lipinski definition) is 9. The fourth-order valence-corrected chi connectivity index (χ4v) is 9.60. The van der Waals surface area contributed by atoms with Crippen LogP contribution in [0.4, 0.5) is 11.8 Å². The van der Waals surface area contributed by atoms with Crippen LogP contribution in [-0.2, 0) is 9.53 Å². The summed E-state index contributed by atoms with van der Waals surface area (Å²) in [5.74, 6) is 3.18. The number of rotatable bonds is 10. The van der Waals surface area contributed by atoms with E-state index in [1.54, 1.807) is 7.11 Å². The average molecular weight is 691 g/mol. The van der Waals surface area contributed by atoms with Gasteiger partial charge in [0.15, 0.2) is 5.75 Å². The highest BCUT2D eigenvalue weighted by molar-refractivity contribution is 6.06. The van der Waals surface area contributed by atoms with Gasteiger partial charge in [0, 0.05) is 74.7 Å². The molecule has 51 heavy (non-hydrogen) atoms. The number of aromatic nitrogens is 4. The van der Waals surface area contributed by atoms with E-state index >= 15 is 0 Å². The lowest BCUT2D eigenvalue weighted by molar-refractivity contribution is -0.139. The maximum Gasteiger partial charge on any atom is 0.245 e. The van der Waals surface area contributed by atoms with Crippen molar-refractivity contribution in [2.24, 2.45) is 5.41 Å². The molecule has 9 rings (SSSR count). The van der Waals surface area contributed by atoms with Gasteiger partial charge in [0.1, 0.15) is 11.3 Å². The summed E-state index contributed by atoms with van der Waals surface area (Å²) in [6.45, 7) is 16.6. The molecule has 0 atom stereocenters. The van der Waals surface area contributed by atoms with E-state index in [0.29, 0.717) is 12.5 Å². The van der Waals surface area contributed by atoms with Crippen molar-refractivity contribution >= 4 is 39.5 Å². The number of anilines is 2. The van der Waals surface area contributed by atoms with Crippen LogP contribution < -0.4 is 14.5 Å². The Morgan fingerprint density at radius 1 is 1.04 bits per heavy atom. The number of benzene rings is 2. The highest BCUT2D eigenvalue weighted by atomic mass is 16.5. The average Bonchev–Trinajstić information content (AvgIpc) is 3.69. The van der Waals surface area contributed by atoms with E-state index in [4.69, 9.17) is 19.4 Å². The highest BCUT2D eigenvalue weighted by Crippen LogP contribution is 2.53. The largest absolute Gasteiger partial charge is 0.491 e. The van der Waals surface area contributed by atoms with Crippen molar-refractivity contribution in [1.29, 1.82) is 0 Å². The zero-order valence-electron chi connectivity index (χ0n) is 30.3. The van der Waals surface area contributed by atoms with Gasteiger partial charge >= 0.3 is 0 Å². The minimum absolute atomic E-state index is 0.0399. The molecule has 1 aliphatic carbocycles. The quantitative estimate of drug-likeness (QED) is 0.211. The molecule has 268 valence electrons. The van der Waals surface area contributed by atoms with E-state index in [2.05, 4.69) is 63.5 Å². The van der Waals surface area contributed by atoms with E-state index in [9.17, 15) is 4.79 Å². The molecule has 6 heterocycles. The van der Waals surface area contributed by atoms with Crippen LogP contribution in [0.15, 0.2) is 37.1 Å². The van der Waals surface area contributed by atoms with Crippen molar-refractivity contribution < 1.29 is 14.3 Å². The number of aromatic amines is 1. The first-order chi connectivity index (χ1) is 24.9. The van der Waals surface area contributed by atoms with Crippen molar-refractivity contribution in [3.8, 4) is 16.9 Å². The first-order valence-electron chi connectivity index (χ1n) is 19.0. The molecule has 0 bridgehead atoms. The lowest BCUT2D eigenvalue weighted by atomic mass is 9.72. The summed E-state index contributed by atoms with van der Waals surface area (Å²) in [6.07, 6.45) is 10.2. The van der Waals surface area contributed by atoms with E-state index in [1.165, 1.54) is 48.4 Å². The number of carbonyl (C=O) groups is 1. The third kappa shape index (κ3) is 5.37. The Bertz CT molecular complexity index is 2000. The third-order valence-corrected chi connectivity index (χ3v) is 12.6.